The Labute approximate surface area is 179 Å². The van der Waals surface area contributed by atoms with E-state index in [1.807, 2.05) is 24.3 Å². The zero-order valence-corrected chi connectivity index (χ0v) is 17.5. The first kappa shape index (κ1) is 22.1. The Kier molecular flexibility index (Phi) is 6.76. The minimum absolute atomic E-state index is 0.164. The smallest absolute Gasteiger partial charge is 0.407 e. The van der Waals surface area contributed by atoms with Crippen molar-refractivity contribution in [3.8, 4) is 11.4 Å². The number of aliphatic hydroxyl groups is 1. The molecule has 3 aromatic rings. The molecule has 0 unspecified atom stereocenters. The van der Waals surface area contributed by atoms with Gasteiger partial charge in [0.05, 0.1) is 6.61 Å². The van der Waals surface area contributed by atoms with Crippen LogP contribution in [0.15, 0.2) is 48.8 Å². The Hall–Kier alpha value is -3.59. The Morgan fingerprint density at radius 3 is 2.71 bits per heavy atom. The summed E-state index contributed by atoms with van der Waals surface area (Å²) in [5, 5.41) is 15.1. The molecule has 3 N–H and O–H groups in total. The molecule has 0 spiro atoms. The van der Waals surface area contributed by atoms with Crippen LogP contribution in [0, 0.1) is 5.82 Å². The molecule has 0 aliphatic rings. The highest BCUT2D eigenvalue weighted by atomic mass is 19.1. The van der Waals surface area contributed by atoms with Crippen molar-refractivity contribution in [2.75, 3.05) is 5.32 Å². The van der Waals surface area contributed by atoms with Gasteiger partial charge in [-0.15, -0.1) is 0 Å². The maximum absolute atomic E-state index is 13.6. The van der Waals surface area contributed by atoms with Crippen molar-refractivity contribution in [2.45, 2.75) is 39.5 Å². The van der Waals surface area contributed by atoms with Crippen LogP contribution in [0.5, 0.6) is 0 Å². The summed E-state index contributed by atoms with van der Waals surface area (Å²) in [5.74, 6) is 0.155. The van der Waals surface area contributed by atoms with Crippen molar-refractivity contribution in [1.29, 1.82) is 0 Å². The van der Waals surface area contributed by atoms with Crippen LogP contribution in [0.2, 0.25) is 0 Å². The Bertz CT molecular complexity index is 1070. The number of nitrogens with one attached hydrogen (secondary N) is 2. The summed E-state index contributed by atoms with van der Waals surface area (Å²) in [6.07, 6.45) is 0.857. The van der Waals surface area contributed by atoms with Gasteiger partial charge in [0.1, 0.15) is 17.7 Å². The van der Waals surface area contributed by atoms with Crippen LogP contribution in [0.3, 0.4) is 0 Å². The van der Waals surface area contributed by atoms with Gasteiger partial charge in [0.15, 0.2) is 5.82 Å². The third kappa shape index (κ3) is 6.45. The van der Waals surface area contributed by atoms with Crippen LogP contribution in [-0.2, 0) is 17.9 Å². The highest BCUT2D eigenvalue weighted by Gasteiger charge is 2.15. The van der Waals surface area contributed by atoms with Gasteiger partial charge in [-0.1, -0.05) is 12.1 Å². The second kappa shape index (κ2) is 9.48. The number of hydrogen-bond donors (Lipinski definition) is 3. The molecule has 0 saturated heterocycles. The summed E-state index contributed by atoms with van der Waals surface area (Å²) in [5.41, 5.74) is 1.74. The third-order valence-corrected chi connectivity index (χ3v) is 4.06. The van der Waals surface area contributed by atoms with Gasteiger partial charge >= 0.3 is 6.09 Å². The lowest BCUT2D eigenvalue weighted by Crippen LogP contribution is -2.32. The van der Waals surface area contributed by atoms with E-state index in [9.17, 15) is 14.3 Å². The third-order valence-electron chi connectivity index (χ3n) is 4.06. The van der Waals surface area contributed by atoms with Gasteiger partial charge < -0.3 is 20.5 Å². The summed E-state index contributed by atoms with van der Waals surface area (Å²) in [7, 11) is 0. The number of benzene rings is 2. The molecule has 1 amide bonds. The monoisotopic (exact) mass is 425 g/mol. The molecule has 0 radical (unpaired) electrons. The van der Waals surface area contributed by atoms with Crippen molar-refractivity contribution >= 4 is 17.7 Å². The van der Waals surface area contributed by atoms with Gasteiger partial charge in [-0.05, 0) is 56.7 Å². The number of amides is 1. The fourth-order valence-electron chi connectivity index (χ4n) is 2.71. The van der Waals surface area contributed by atoms with Gasteiger partial charge in [-0.25, -0.2) is 19.2 Å². The lowest BCUT2D eigenvalue weighted by atomic mass is 10.1. The normalized spacial score (nSPS) is 11.1. The molecule has 0 aliphatic heterocycles. The Balaban J connectivity index is 1.70. The molecule has 0 saturated carbocycles. The molecule has 0 fully saturated rings. The summed E-state index contributed by atoms with van der Waals surface area (Å²) >= 11 is 0. The molecule has 1 heterocycles. The molecule has 0 atom stereocenters. The highest BCUT2D eigenvalue weighted by Crippen LogP contribution is 2.21. The number of nitrogens with zero attached hydrogens (tertiary/aromatic N) is 3. The number of aliphatic hydroxyl groups excluding tert-OH is 1. The molecule has 8 nitrogen and oxygen atoms in total. The van der Waals surface area contributed by atoms with Gasteiger partial charge in [0, 0.05) is 23.4 Å². The van der Waals surface area contributed by atoms with E-state index < -0.39 is 24.1 Å². The number of ether oxygens (including phenoxy) is 1. The number of alkyl carbamates (subject to hydrolysis) is 1. The molecule has 1 aromatic heterocycles. The van der Waals surface area contributed by atoms with Crippen LogP contribution in [0.4, 0.5) is 20.8 Å². The lowest BCUT2D eigenvalue weighted by Gasteiger charge is -2.19. The van der Waals surface area contributed by atoms with E-state index in [0.717, 1.165) is 11.3 Å². The number of rotatable bonds is 6. The number of carbonyl (C=O) groups is 1. The quantitative estimate of drug-likeness (QED) is 0.549. The lowest BCUT2D eigenvalue weighted by molar-refractivity contribution is 0.0523. The second-order valence-electron chi connectivity index (χ2n) is 7.78. The van der Waals surface area contributed by atoms with Crippen LogP contribution in [0.25, 0.3) is 11.4 Å². The first-order valence-electron chi connectivity index (χ1n) is 9.65. The minimum atomic E-state index is -0.563. The Morgan fingerprint density at radius 2 is 1.97 bits per heavy atom. The maximum atomic E-state index is 13.6. The average molecular weight is 425 g/mol. The van der Waals surface area contributed by atoms with Gasteiger partial charge in [-0.3, -0.25) is 0 Å². The van der Waals surface area contributed by atoms with E-state index in [4.69, 9.17) is 4.74 Å². The predicted molar refractivity (Wildman–Crippen MR) is 114 cm³/mol. The number of hydrogen-bond acceptors (Lipinski definition) is 7. The fourth-order valence-corrected chi connectivity index (χ4v) is 2.71. The van der Waals surface area contributed by atoms with Crippen LogP contribution in [0.1, 0.15) is 31.9 Å². The topological polar surface area (TPSA) is 109 Å². The molecule has 162 valence electrons. The molecule has 3 rings (SSSR count). The van der Waals surface area contributed by atoms with Crippen molar-refractivity contribution in [2.24, 2.45) is 0 Å². The van der Waals surface area contributed by atoms with E-state index in [-0.39, 0.29) is 5.56 Å². The van der Waals surface area contributed by atoms with Crippen molar-refractivity contribution < 1.29 is 19.0 Å². The van der Waals surface area contributed by atoms with Crippen LogP contribution >= 0.6 is 0 Å². The number of carbonyl (C=O) groups excluding carboxylic acids is 1. The number of anilines is 2. The van der Waals surface area contributed by atoms with Gasteiger partial charge in [0.2, 0.25) is 5.95 Å². The van der Waals surface area contributed by atoms with E-state index in [0.29, 0.717) is 23.9 Å². The Morgan fingerprint density at radius 1 is 1.16 bits per heavy atom. The van der Waals surface area contributed by atoms with Crippen molar-refractivity contribution in [1.82, 2.24) is 20.3 Å². The first-order valence-corrected chi connectivity index (χ1v) is 9.65. The van der Waals surface area contributed by atoms with E-state index in [1.165, 1.54) is 24.5 Å². The van der Waals surface area contributed by atoms with E-state index >= 15 is 0 Å². The predicted octanol–water partition coefficient (Wildman–Crippen LogP) is 3.94. The first-order chi connectivity index (χ1) is 14.7. The van der Waals surface area contributed by atoms with Crippen molar-refractivity contribution in [3.05, 3.63) is 65.7 Å². The largest absolute Gasteiger partial charge is 0.444 e. The molecule has 31 heavy (non-hydrogen) atoms. The average Bonchev–Trinajstić information content (AvgIpc) is 2.72. The van der Waals surface area contributed by atoms with Gasteiger partial charge in [-0.2, -0.15) is 4.98 Å². The highest BCUT2D eigenvalue weighted by molar-refractivity contribution is 5.68. The number of halogens is 1. The molecular formula is C22H24FN5O3. The zero-order chi connectivity index (χ0) is 22.4. The van der Waals surface area contributed by atoms with Gasteiger partial charge in [0.25, 0.3) is 0 Å². The minimum Gasteiger partial charge on any atom is -0.444 e. The SMILES string of the molecule is CC(C)(C)OC(=O)NCc1cccc(Nc2ncnc(-c3ccc(F)c(CO)c3)n2)c1. The summed E-state index contributed by atoms with van der Waals surface area (Å²) in [4.78, 5) is 24.4. The second-order valence-corrected chi connectivity index (χ2v) is 7.78. The zero-order valence-electron chi connectivity index (χ0n) is 17.5. The molecule has 9 heteroatoms. The maximum Gasteiger partial charge on any atom is 0.407 e. The van der Waals surface area contributed by atoms with E-state index in [2.05, 4.69) is 25.6 Å². The molecular weight excluding hydrogens is 401 g/mol. The van der Waals surface area contributed by atoms with Crippen molar-refractivity contribution in [3.63, 3.8) is 0 Å². The summed E-state index contributed by atoms with van der Waals surface area (Å²) in [6.45, 7) is 5.29. The summed E-state index contributed by atoms with van der Waals surface area (Å²) in [6, 6.07) is 11.7. The van der Waals surface area contributed by atoms with Crippen LogP contribution in [-0.4, -0.2) is 31.8 Å². The van der Waals surface area contributed by atoms with Crippen LogP contribution < -0.4 is 10.6 Å². The standard InChI is InChI=1S/C22H24FN5O3/c1-22(2,3)31-21(30)24-11-14-5-4-6-17(9-14)27-20-26-13-25-19(28-20)15-7-8-18(23)16(10-15)12-29/h4-10,13,29H,11-12H2,1-3H3,(H,24,30)(H,25,26,27,28). The molecule has 0 bridgehead atoms. The summed E-state index contributed by atoms with van der Waals surface area (Å²) < 4.78 is 18.9. The molecule has 2 aromatic carbocycles. The van der Waals surface area contributed by atoms with E-state index in [1.54, 1.807) is 20.8 Å². The molecule has 0 aliphatic carbocycles. The number of aromatic nitrogens is 3. The fraction of sp³-hybridized carbons (Fsp3) is 0.273.